The van der Waals surface area contributed by atoms with Gasteiger partial charge in [0.25, 0.3) is 11.8 Å². The van der Waals surface area contributed by atoms with Gasteiger partial charge in [0.1, 0.15) is 15.4 Å². The summed E-state index contributed by atoms with van der Waals surface area (Å²) in [4.78, 5) is 24.1. The Balaban J connectivity index is 1.35. The largest absolute Gasteiger partial charge is 0.402 e. The molecule has 6 rings (SSSR count). The third-order valence-electron chi connectivity index (χ3n) is 7.03. The van der Waals surface area contributed by atoms with Gasteiger partial charge in [0, 0.05) is 24.2 Å². The number of morpholine rings is 1. The smallest absolute Gasteiger partial charge is 0.400 e. The highest BCUT2D eigenvalue weighted by atomic mass is 32.1. The predicted molar refractivity (Wildman–Crippen MR) is 152 cm³/mol. The number of halogens is 3. The molecule has 0 aliphatic carbocycles. The van der Waals surface area contributed by atoms with Crippen LogP contribution in [0.1, 0.15) is 30.0 Å². The summed E-state index contributed by atoms with van der Waals surface area (Å²) in [5.74, 6) is -0.533. The summed E-state index contributed by atoms with van der Waals surface area (Å²) in [6.45, 7) is 3.97. The maximum Gasteiger partial charge on any atom is 0.400 e. The summed E-state index contributed by atoms with van der Waals surface area (Å²) in [5.41, 5.74) is 0.657. The van der Waals surface area contributed by atoms with E-state index in [1.807, 2.05) is 53.4 Å². The summed E-state index contributed by atoms with van der Waals surface area (Å²) in [6, 6.07) is 16.6. The van der Waals surface area contributed by atoms with Crippen molar-refractivity contribution in [1.29, 1.82) is 0 Å². The molecule has 2 aliphatic heterocycles. The normalized spacial score (nSPS) is 17.7. The van der Waals surface area contributed by atoms with Crippen molar-refractivity contribution in [2.45, 2.75) is 31.6 Å². The minimum absolute atomic E-state index is 0.0796. The van der Waals surface area contributed by atoms with Crippen LogP contribution in [0.25, 0.3) is 11.6 Å². The minimum Gasteiger partial charge on any atom is -0.402 e. The van der Waals surface area contributed by atoms with Crippen LogP contribution in [-0.4, -0.2) is 65.4 Å². The van der Waals surface area contributed by atoms with Gasteiger partial charge in [-0.1, -0.05) is 65.0 Å². The molecule has 4 heterocycles. The van der Waals surface area contributed by atoms with Gasteiger partial charge in [-0.2, -0.15) is 13.2 Å². The number of rotatable bonds is 6. The Labute approximate surface area is 242 Å². The first kappa shape index (κ1) is 27.8. The highest BCUT2D eigenvalue weighted by molar-refractivity contribution is 7.16. The summed E-state index contributed by atoms with van der Waals surface area (Å²) in [7, 11) is 0. The predicted octanol–water partition coefficient (Wildman–Crippen LogP) is 5.10. The van der Waals surface area contributed by atoms with E-state index in [-0.39, 0.29) is 22.6 Å². The number of benzene rings is 2. The molecule has 4 aromatic rings. The minimum atomic E-state index is -4.52. The second-order valence-corrected chi connectivity index (χ2v) is 11.2. The Morgan fingerprint density at radius 2 is 1.74 bits per heavy atom. The van der Waals surface area contributed by atoms with Crippen LogP contribution in [0.3, 0.4) is 0 Å². The summed E-state index contributed by atoms with van der Waals surface area (Å²) >= 11 is 0.939. The highest BCUT2D eigenvalue weighted by Gasteiger charge is 2.51. The number of aliphatic imine (C=N–C) groups is 1. The van der Waals surface area contributed by atoms with Crippen LogP contribution < -0.4 is 15.5 Å². The lowest BCUT2D eigenvalue weighted by atomic mass is 9.94. The number of carbonyl (C=O) groups is 1. The van der Waals surface area contributed by atoms with E-state index in [0.717, 1.165) is 36.3 Å². The summed E-state index contributed by atoms with van der Waals surface area (Å²) < 4.78 is 53.0. The zero-order valence-corrected chi connectivity index (χ0v) is 23.4. The number of ether oxygens (including phenoxy) is 1. The van der Waals surface area contributed by atoms with Crippen LogP contribution in [0.15, 0.2) is 64.0 Å². The molecule has 2 aromatic heterocycles. The molecule has 2 aliphatic rings. The van der Waals surface area contributed by atoms with Crippen molar-refractivity contribution in [2.24, 2.45) is 4.99 Å². The molecule has 1 amide bonds. The van der Waals surface area contributed by atoms with Gasteiger partial charge in [-0.3, -0.25) is 4.79 Å². The number of aromatic nitrogens is 3. The Hall–Kier alpha value is -4.30. The number of fused-ring (bicyclic) bond motifs is 1. The number of nitrogens with one attached hydrogen (secondary N) is 2. The number of alkyl halides is 3. The monoisotopic (exact) mass is 597 g/mol. The number of para-hydroxylation sites is 1. The lowest BCUT2D eigenvalue weighted by molar-refractivity contribution is -0.180. The number of amides is 1. The maximum absolute atomic E-state index is 13.9. The van der Waals surface area contributed by atoms with Gasteiger partial charge in [-0.15, -0.1) is 5.10 Å². The van der Waals surface area contributed by atoms with Crippen LogP contribution in [0.5, 0.6) is 0 Å². The van der Waals surface area contributed by atoms with E-state index >= 15 is 0 Å². The van der Waals surface area contributed by atoms with Gasteiger partial charge in [-0.05, 0) is 19.9 Å². The maximum atomic E-state index is 13.9. The first-order valence-electron chi connectivity index (χ1n) is 13.2. The van der Waals surface area contributed by atoms with Crippen LogP contribution in [0.4, 0.5) is 29.9 Å². The fourth-order valence-corrected chi connectivity index (χ4v) is 5.73. The van der Waals surface area contributed by atoms with Crippen molar-refractivity contribution < 1.29 is 27.1 Å². The van der Waals surface area contributed by atoms with Crippen molar-refractivity contribution >= 4 is 39.7 Å². The van der Waals surface area contributed by atoms with Gasteiger partial charge < -0.3 is 24.7 Å². The van der Waals surface area contributed by atoms with Gasteiger partial charge in [-0.25, -0.2) is 9.98 Å². The molecule has 0 saturated carbocycles. The number of thiazole rings is 1. The molecule has 42 heavy (non-hydrogen) atoms. The summed E-state index contributed by atoms with van der Waals surface area (Å²) in [6.07, 6.45) is -5.67. The molecule has 2 N–H and O–H groups in total. The van der Waals surface area contributed by atoms with Crippen molar-refractivity contribution in [2.75, 3.05) is 41.8 Å². The molecular formula is C28H26F3N7O3S. The number of hydrogen-bond acceptors (Lipinski definition) is 10. The van der Waals surface area contributed by atoms with Crippen LogP contribution >= 0.6 is 11.3 Å². The van der Waals surface area contributed by atoms with E-state index in [0.29, 0.717) is 42.7 Å². The first-order valence-corrected chi connectivity index (χ1v) is 14.0. The lowest BCUT2D eigenvalue weighted by Gasteiger charge is -2.28. The van der Waals surface area contributed by atoms with Gasteiger partial charge in [0.15, 0.2) is 5.69 Å². The molecule has 0 unspecified atom stereocenters. The third-order valence-corrected chi connectivity index (χ3v) is 8.47. The number of benzodiazepines with no additional fused rings is 1. The number of hydrogen-bond donors (Lipinski definition) is 2. The van der Waals surface area contributed by atoms with Crippen LogP contribution in [0, 0.1) is 0 Å². The van der Waals surface area contributed by atoms with Gasteiger partial charge >= 0.3 is 12.2 Å². The Kier molecular flexibility index (Phi) is 7.19. The fraction of sp³-hybridized carbons (Fsp3) is 0.321. The molecule has 1 saturated heterocycles. The van der Waals surface area contributed by atoms with Crippen LogP contribution in [-0.2, 0) is 14.9 Å². The van der Waals surface area contributed by atoms with E-state index in [1.54, 1.807) is 6.07 Å². The van der Waals surface area contributed by atoms with E-state index in [1.165, 1.54) is 0 Å². The second-order valence-electron chi connectivity index (χ2n) is 10.2. The summed E-state index contributed by atoms with van der Waals surface area (Å²) in [5, 5.41) is 14.2. The molecule has 14 heteroatoms. The van der Waals surface area contributed by atoms with Gasteiger partial charge in [0.05, 0.1) is 24.6 Å². The fourth-order valence-electron chi connectivity index (χ4n) is 4.50. The lowest BCUT2D eigenvalue weighted by Crippen LogP contribution is -2.36. The Morgan fingerprint density at radius 1 is 1.02 bits per heavy atom. The van der Waals surface area contributed by atoms with Crippen molar-refractivity contribution in [1.82, 2.24) is 15.2 Å². The zero-order valence-electron chi connectivity index (χ0n) is 22.6. The molecular weight excluding hydrogens is 571 g/mol. The second kappa shape index (κ2) is 10.8. The quantitative estimate of drug-likeness (QED) is 0.316. The van der Waals surface area contributed by atoms with Crippen LogP contribution in [0.2, 0.25) is 0 Å². The topological polar surface area (TPSA) is 118 Å². The van der Waals surface area contributed by atoms with E-state index in [2.05, 4.69) is 25.8 Å². The van der Waals surface area contributed by atoms with E-state index < -0.39 is 23.7 Å². The number of carbonyl (C=O) groups excluding carboxylic acids is 1. The molecule has 1 fully saturated rings. The SMILES string of the molecule is CC(C)(c1nc(-c2nnc(N[C@H]3N=C(c4ccccc4)c4ccccc4NC3=O)o2)c(N2CCOCC2)s1)C(F)(F)F. The highest BCUT2D eigenvalue weighted by Crippen LogP contribution is 2.47. The Morgan fingerprint density at radius 3 is 2.48 bits per heavy atom. The average molecular weight is 598 g/mol. The van der Waals surface area contributed by atoms with E-state index in [4.69, 9.17) is 14.1 Å². The molecule has 0 spiro atoms. The molecule has 1 atom stereocenters. The number of nitrogens with zero attached hydrogens (tertiary/aromatic N) is 5. The molecule has 0 bridgehead atoms. The number of anilines is 3. The molecule has 2 aromatic carbocycles. The van der Waals surface area contributed by atoms with Gasteiger partial charge in [0.2, 0.25) is 6.17 Å². The third kappa shape index (κ3) is 5.23. The van der Waals surface area contributed by atoms with Crippen molar-refractivity contribution in [3.8, 4) is 11.6 Å². The first-order chi connectivity index (χ1) is 20.1. The van der Waals surface area contributed by atoms with Crippen molar-refractivity contribution in [3.63, 3.8) is 0 Å². The van der Waals surface area contributed by atoms with Crippen molar-refractivity contribution in [3.05, 3.63) is 70.7 Å². The van der Waals surface area contributed by atoms with E-state index in [9.17, 15) is 18.0 Å². The average Bonchev–Trinajstić information content (AvgIpc) is 3.61. The zero-order chi connectivity index (χ0) is 29.5. The molecule has 218 valence electrons. The molecule has 0 radical (unpaired) electrons. The molecule has 10 nitrogen and oxygen atoms in total. The Bertz CT molecular complexity index is 1630. The standard InChI is InChI=1S/C28H26F3N7O3S/c1-27(2,28(29,30)31)25-34-20(24(42-25)38-12-14-40-15-13-38)23-36-37-26(41-23)35-21-22(39)32-18-11-7-6-10-17(18)19(33-21)16-8-4-3-5-9-16/h3-11,21H,12-15H2,1-2H3,(H,32,39)(H,35,37)/t21-/m1/s1.